The molecule has 150 valence electrons. The number of hydrogen-bond donors (Lipinski definition) is 0. The average Bonchev–Trinajstić information content (AvgIpc) is 3.34. The molecule has 0 bridgehead atoms. The lowest BCUT2D eigenvalue weighted by Gasteiger charge is -2.11. The fraction of sp³-hybridized carbons (Fsp3) is 0.381. The van der Waals surface area contributed by atoms with E-state index in [1.54, 1.807) is 34.8 Å². The van der Waals surface area contributed by atoms with Gasteiger partial charge in [-0.2, -0.15) is 0 Å². The Labute approximate surface area is 176 Å². The molecule has 0 radical (unpaired) electrons. The van der Waals surface area contributed by atoms with Crippen molar-refractivity contribution < 1.29 is 4.74 Å². The van der Waals surface area contributed by atoms with Gasteiger partial charge in [0.25, 0.3) is 5.56 Å². The van der Waals surface area contributed by atoms with Crippen molar-refractivity contribution in [2.24, 2.45) is 0 Å². The molecule has 0 saturated heterocycles. The normalized spacial score (nSPS) is 13.9. The Balaban J connectivity index is 1.63. The second kappa shape index (κ2) is 7.50. The minimum absolute atomic E-state index is 0.0773. The molecule has 3 heterocycles. The molecule has 5 rings (SSSR count). The quantitative estimate of drug-likeness (QED) is 0.445. The molecular weight excluding hydrogens is 404 g/mol. The molecule has 1 aliphatic rings. The summed E-state index contributed by atoms with van der Waals surface area (Å²) in [7, 11) is 1.67. The summed E-state index contributed by atoms with van der Waals surface area (Å²) in [5.41, 5.74) is 2.52. The predicted molar refractivity (Wildman–Crippen MR) is 118 cm³/mol. The van der Waals surface area contributed by atoms with Gasteiger partial charge in [-0.15, -0.1) is 21.5 Å². The van der Waals surface area contributed by atoms with Crippen LogP contribution in [-0.4, -0.2) is 26.3 Å². The summed E-state index contributed by atoms with van der Waals surface area (Å²) in [6, 6.07) is 8.07. The van der Waals surface area contributed by atoms with Crippen molar-refractivity contribution in [3.8, 4) is 5.75 Å². The maximum Gasteiger partial charge on any atom is 0.263 e. The van der Waals surface area contributed by atoms with Crippen LogP contribution >= 0.6 is 23.1 Å². The average molecular weight is 427 g/mol. The van der Waals surface area contributed by atoms with Crippen molar-refractivity contribution in [1.82, 2.24) is 19.2 Å². The van der Waals surface area contributed by atoms with E-state index in [4.69, 9.17) is 4.74 Å². The van der Waals surface area contributed by atoms with E-state index < -0.39 is 0 Å². The molecule has 0 amide bonds. The van der Waals surface area contributed by atoms with E-state index in [0.29, 0.717) is 12.3 Å². The Morgan fingerprint density at radius 3 is 2.72 bits per heavy atom. The van der Waals surface area contributed by atoms with Crippen molar-refractivity contribution in [1.29, 1.82) is 0 Å². The zero-order chi connectivity index (χ0) is 20.0. The molecule has 29 heavy (non-hydrogen) atoms. The highest BCUT2D eigenvalue weighted by Crippen LogP contribution is 2.36. The summed E-state index contributed by atoms with van der Waals surface area (Å²) in [6.07, 6.45) is 4.42. The summed E-state index contributed by atoms with van der Waals surface area (Å²) >= 11 is 3.40. The fourth-order valence-electron chi connectivity index (χ4n) is 4.02. The highest BCUT2D eigenvalue weighted by Gasteiger charge is 2.24. The third kappa shape index (κ3) is 3.05. The third-order valence-electron chi connectivity index (χ3n) is 5.52. The highest BCUT2D eigenvalue weighted by atomic mass is 32.2. The molecule has 0 unspecified atom stereocenters. The van der Waals surface area contributed by atoms with Crippen molar-refractivity contribution >= 4 is 39.1 Å². The number of rotatable bonds is 5. The van der Waals surface area contributed by atoms with E-state index in [1.165, 1.54) is 22.4 Å². The van der Waals surface area contributed by atoms with Gasteiger partial charge in [0.15, 0.2) is 5.16 Å². The van der Waals surface area contributed by atoms with Crippen LogP contribution in [-0.2, 0) is 25.1 Å². The monoisotopic (exact) mass is 426 g/mol. The minimum Gasteiger partial charge on any atom is -0.497 e. The lowest BCUT2D eigenvalue weighted by Crippen LogP contribution is -2.22. The number of nitrogens with zero attached hydrogens (tertiary/aromatic N) is 4. The largest absolute Gasteiger partial charge is 0.497 e. The molecule has 3 aromatic heterocycles. The van der Waals surface area contributed by atoms with Crippen LogP contribution < -0.4 is 10.3 Å². The minimum atomic E-state index is 0.0773. The van der Waals surface area contributed by atoms with Crippen LogP contribution in [0.4, 0.5) is 0 Å². The van der Waals surface area contributed by atoms with E-state index in [-0.39, 0.29) is 5.56 Å². The maximum atomic E-state index is 13.2. The molecule has 1 aromatic carbocycles. The lowest BCUT2D eigenvalue weighted by atomic mass is 9.97. The molecule has 0 atom stereocenters. The fourth-order valence-corrected chi connectivity index (χ4v) is 6.34. The Kier molecular flexibility index (Phi) is 4.83. The van der Waals surface area contributed by atoms with Gasteiger partial charge in [-0.25, -0.2) is 4.40 Å². The SMILES string of the molecule is CCn1c(=O)c2c3c(sc2n2c(SCc4ccc(OC)cc4)nnc12)CCCC3. The van der Waals surface area contributed by atoms with Gasteiger partial charge < -0.3 is 4.74 Å². The first-order valence-corrected chi connectivity index (χ1v) is 11.7. The van der Waals surface area contributed by atoms with Gasteiger partial charge >= 0.3 is 0 Å². The predicted octanol–water partition coefficient (Wildman–Crippen LogP) is 4.31. The molecule has 6 nitrogen and oxygen atoms in total. The molecule has 8 heteroatoms. The van der Waals surface area contributed by atoms with E-state index in [1.807, 2.05) is 19.1 Å². The van der Waals surface area contributed by atoms with Gasteiger partial charge in [-0.05, 0) is 55.9 Å². The van der Waals surface area contributed by atoms with Crippen LogP contribution in [0.15, 0.2) is 34.2 Å². The second-order valence-corrected chi connectivity index (χ2v) is 9.22. The number of hydrogen-bond acceptors (Lipinski definition) is 6. The lowest BCUT2D eigenvalue weighted by molar-refractivity contribution is 0.414. The zero-order valence-corrected chi connectivity index (χ0v) is 18.1. The van der Waals surface area contributed by atoms with Crippen molar-refractivity contribution in [2.45, 2.75) is 50.1 Å². The molecule has 0 spiro atoms. The van der Waals surface area contributed by atoms with Gasteiger partial charge in [-0.1, -0.05) is 23.9 Å². The molecule has 0 N–H and O–H groups in total. The number of benzene rings is 1. The van der Waals surface area contributed by atoms with Gasteiger partial charge in [0, 0.05) is 17.2 Å². The highest BCUT2D eigenvalue weighted by molar-refractivity contribution is 7.98. The first kappa shape index (κ1) is 18.7. The molecule has 1 aliphatic carbocycles. The molecule has 0 saturated carbocycles. The Bertz CT molecular complexity index is 1250. The summed E-state index contributed by atoms with van der Waals surface area (Å²) < 4.78 is 9.09. The number of methoxy groups -OCH3 is 1. The van der Waals surface area contributed by atoms with Gasteiger partial charge in [0.05, 0.1) is 12.5 Å². The van der Waals surface area contributed by atoms with Gasteiger partial charge in [0.2, 0.25) is 5.78 Å². The van der Waals surface area contributed by atoms with E-state index in [0.717, 1.165) is 46.1 Å². The van der Waals surface area contributed by atoms with Crippen molar-refractivity contribution in [3.63, 3.8) is 0 Å². The van der Waals surface area contributed by atoms with Gasteiger partial charge in [0.1, 0.15) is 10.6 Å². The van der Waals surface area contributed by atoms with Crippen LogP contribution in [0, 0.1) is 0 Å². The number of fused-ring (bicyclic) bond motifs is 5. The van der Waals surface area contributed by atoms with Crippen LogP contribution in [0.1, 0.15) is 35.8 Å². The molecule has 4 aromatic rings. The van der Waals surface area contributed by atoms with Crippen LogP contribution in [0.5, 0.6) is 5.75 Å². The third-order valence-corrected chi connectivity index (χ3v) is 7.79. The second-order valence-electron chi connectivity index (χ2n) is 7.20. The zero-order valence-electron chi connectivity index (χ0n) is 16.5. The topological polar surface area (TPSA) is 61.4 Å². The van der Waals surface area contributed by atoms with Crippen LogP contribution in [0.3, 0.4) is 0 Å². The van der Waals surface area contributed by atoms with E-state index in [9.17, 15) is 4.79 Å². The molecule has 0 fully saturated rings. The summed E-state index contributed by atoms with van der Waals surface area (Å²) in [5.74, 6) is 2.27. The summed E-state index contributed by atoms with van der Waals surface area (Å²) in [4.78, 5) is 15.6. The summed E-state index contributed by atoms with van der Waals surface area (Å²) in [5, 5.41) is 10.6. The molecule has 0 aliphatic heterocycles. The van der Waals surface area contributed by atoms with Crippen LogP contribution in [0.2, 0.25) is 0 Å². The number of ether oxygens (including phenoxy) is 1. The number of thiophene rings is 1. The Morgan fingerprint density at radius 2 is 1.97 bits per heavy atom. The van der Waals surface area contributed by atoms with E-state index in [2.05, 4.69) is 26.7 Å². The number of thioether (sulfide) groups is 1. The Morgan fingerprint density at radius 1 is 1.17 bits per heavy atom. The maximum absolute atomic E-state index is 13.2. The van der Waals surface area contributed by atoms with Crippen LogP contribution in [0.25, 0.3) is 16.0 Å². The van der Waals surface area contributed by atoms with Crippen molar-refractivity contribution in [3.05, 3.63) is 50.6 Å². The summed E-state index contributed by atoms with van der Waals surface area (Å²) in [6.45, 7) is 2.58. The van der Waals surface area contributed by atoms with Crippen molar-refractivity contribution in [2.75, 3.05) is 7.11 Å². The Hall–Kier alpha value is -2.32. The smallest absolute Gasteiger partial charge is 0.263 e. The molecular formula is C21H22N4O2S2. The standard InChI is InChI=1S/C21H22N4O2S2/c1-3-24-18(26)17-15-6-4-5-7-16(15)29-19(17)25-20(24)22-23-21(25)28-12-13-8-10-14(27-2)11-9-13/h8-11H,3-7,12H2,1-2H3. The van der Waals surface area contributed by atoms with Gasteiger partial charge in [-0.3, -0.25) is 9.36 Å². The number of aryl methyl sites for hydroxylation is 3. The first-order valence-electron chi connectivity index (χ1n) is 9.89. The van der Waals surface area contributed by atoms with E-state index >= 15 is 0 Å². The first-order chi connectivity index (χ1) is 14.2. The number of aromatic nitrogens is 4.